The maximum absolute atomic E-state index is 12.0. The highest BCUT2D eigenvalue weighted by atomic mass is 16.3. The molecule has 1 aromatic heterocycles. The van der Waals surface area contributed by atoms with Crippen molar-refractivity contribution in [2.24, 2.45) is 0 Å². The Morgan fingerprint density at radius 1 is 1.04 bits per heavy atom. The second-order valence-corrected chi connectivity index (χ2v) is 7.94. The van der Waals surface area contributed by atoms with Crippen LogP contribution in [0.2, 0.25) is 0 Å². The fraction of sp³-hybridized carbons (Fsp3) is 0.348. The Morgan fingerprint density at radius 2 is 1.81 bits per heavy atom. The highest BCUT2D eigenvalue weighted by molar-refractivity contribution is 5.79. The van der Waals surface area contributed by atoms with E-state index >= 15 is 0 Å². The lowest BCUT2D eigenvalue weighted by molar-refractivity contribution is -0.0940. The number of benzene rings is 2. The number of pyridine rings is 1. The molecule has 0 radical (unpaired) electrons. The molecule has 0 bridgehead atoms. The number of aromatic nitrogens is 1. The number of nitrogens with one attached hydrogen (secondary N) is 1. The van der Waals surface area contributed by atoms with Crippen LogP contribution in [0.25, 0.3) is 10.9 Å². The van der Waals surface area contributed by atoms with Crippen LogP contribution in [-0.4, -0.2) is 28.3 Å². The molecular formula is C23H24N2O. The van der Waals surface area contributed by atoms with Gasteiger partial charge >= 0.3 is 0 Å². The summed E-state index contributed by atoms with van der Waals surface area (Å²) in [6.45, 7) is 3.04. The summed E-state index contributed by atoms with van der Waals surface area (Å²) in [6.07, 6.45) is 2.36. The van der Waals surface area contributed by atoms with Crippen molar-refractivity contribution in [1.82, 2.24) is 10.3 Å². The largest absolute Gasteiger partial charge is 0.387 e. The molecule has 2 N–H and O–H groups in total. The Balaban J connectivity index is 1.74. The Kier molecular flexibility index (Phi) is 3.46. The van der Waals surface area contributed by atoms with E-state index in [1.54, 1.807) is 0 Å². The van der Waals surface area contributed by atoms with Crippen molar-refractivity contribution in [2.75, 3.05) is 6.54 Å². The molecule has 2 aromatic carbocycles. The number of hydrogen-bond acceptors (Lipinski definition) is 3. The van der Waals surface area contributed by atoms with Crippen molar-refractivity contribution in [3.05, 3.63) is 77.5 Å². The SMILES string of the molecule is CC1NCCC2(c3ccccc3)Cc3nc4ccccc4cc3CC12O. The molecule has 1 aliphatic heterocycles. The summed E-state index contributed by atoms with van der Waals surface area (Å²) in [7, 11) is 0. The molecule has 132 valence electrons. The van der Waals surface area contributed by atoms with Crippen LogP contribution in [0.1, 0.15) is 30.2 Å². The zero-order chi connectivity index (χ0) is 17.8. The molecule has 2 aliphatic rings. The van der Waals surface area contributed by atoms with E-state index in [-0.39, 0.29) is 11.5 Å². The second kappa shape index (κ2) is 5.63. The van der Waals surface area contributed by atoms with Crippen molar-refractivity contribution in [2.45, 2.75) is 43.2 Å². The van der Waals surface area contributed by atoms with Gasteiger partial charge in [0, 0.05) is 35.4 Å². The molecule has 5 rings (SSSR count). The summed E-state index contributed by atoms with van der Waals surface area (Å²) in [5.74, 6) is 0. The third-order valence-electron chi connectivity index (χ3n) is 6.70. The number of piperidine rings is 1. The van der Waals surface area contributed by atoms with Gasteiger partial charge in [0.2, 0.25) is 0 Å². The minimum Gasteiger partial charge on any atom is -0.387 e. The van der Waals surface area contributed by atoms with Gasteiger partial charge in [0.25, 0.3) is 0 Å². The molecule has 0 saturated carbocycles. The minimum absolute atomic E-state index is 0.0380. The minimum atomic E-state index is -0.816. The summed E-state index contributed by atoms with van der Waals surface area (Å²) in [5.41, 5.74) is 3.50. The van der Waals surface area contributed by atoms with Crippen LogP contribution in [0, 0.1) is 0 Å². The van der Waals surface area contributed by atoms with Crippen molar-refractivity contribution < 1.29 is 5.11 Å². The first-order valence-electron chi connectivity index (χ1n) is 9.51. The molecular weight excluding hydrogens is 320 g/mol. The van der Waals surface area contributed by atoms with Crippen LogP contribution >= 0.6 is 0 Å². The van der Waals surface area contributed by atoms with Gasteiger partial charge in [-0.3, -0.25) is 4.98 Å². The summed E-state index contributed by atoms with van der Waals surface area (Å²) in [6, 6.07) is 21.1. The normalized spacial score (nSPS) is 30.6. The van der Waals surface area contributed by atoms with E-state index in [2.05, 4.69) is 54.7 Å². The summed E-state index contributed by atoms with van der Waals surface area (Å²) >= 11 is 0. The van der Waals surface area contributed by atoms with E-state index in [4.69, 9.17) is 4.98 Å². The maximum Gasteiger partial charge on any atom is 0.0938 e. The molecule has 1 aliphatic carbocycles. The molecule has 1 fully saturated rings. The highest BCUT2D eigenvalue weighted by Gasteiger charge is 2.58. The highest BCUT2D eigenvalue weighted by Crippen LogP contribution is 2.50. The first kappa shape index (κ1) is 16.0. The van der Waals surface area contributed by atoms with Gasteiger partial charge in [-0.2, -0.15) is 0 Å². The van der Waals surface area contributed by atoms with Gasteiger partial charge in [0.05, 0.1) is 11.1 Å². The summed E-state index contributed by atoms with van der Waals surface area (Å²) < 4.78 is 0. The number of nitrogens with zero attached hydrogens (tertiary/aromatic N) is 1. The maximum atomic E-state index is 12.0. The van der Waals surface area contributed by atoms with Gasteiger partial charge in [0.1, 0.15) is 0 Å². The molecule has 26 heavy (non-hydrogen) atoms. The van der Waals surface area contributed by atoms with E-state index in [0.29, 0.717) is 6.42 Å². The van der Waals surface area contributed by atoms with Gasteiger partial charge in [0.15, 0.2) is 0 Å². The third kappa shape index (κ3) is 2.11. The van der Waals surface area contributed by atoms with Crippen LogP contribution < -0.4 is 5.32 Å². The molecule has 3 nitrogen and oxygen atoms in total. The first-order valence-corrected chi connectivity index (χ1v) is 9.51. The lowest BCUT2D eigenvalue weighted by Gasteiger charge is -2.57. The fourth-order valence-corrected chi connectivity index (χ4v) is 5.20. The van der Waals surface area contributed by atoms with Crippen molar-refractivity contribution >= 4 is 10.9 Å². The topological polar surface area (TPSA) is 45.2 Å². The molecule has 3 aromatic rings. The van der Waals surface area contributed by atoms with E-state index in [1.807, 2.05) is 18.2 Å². The third-order valence-corrected chi connectivity index (χ3v) is 6.70. The number of aliphatic hydroxyl groups is 1. The van der Waals surface area contributed by atoms with Crippen molar-refractivity contribution in [3.8, 4) is 0 Å². The summed E-state index contributed by atoms with van der Waals surface area (Å²) in [4.78, 5) is 5.00. The smallest absolute Gasteiger partial charge is 0.0938 e. The quantitative estimate of drug-likeness (QED) is 0.711. The van der Waals surface area contributed by atoms with E-state index in [1.165, 1.54) is 11.1 Å². The molecule has 0 spiro atoms. The summed E-state index contributed by atoms with van der Waals surface area (Å²) in [5, 5.41) is 16.7. The van der Waals surface area contributed by atoms with Gasteiger partial charge in [-0.05, 0) is 43.1 Å². The van der Waals surface area contributed by atoms with Gasteiger partial charge in [-0.15, -0.1) is 0 Å². The van der Waals surface area contributed by atoms with Crippen LogP contribution in [0.15, 0.2) is 60.7 Å². The van der Waals surface area contributed by atoms with Crippen LogP contribution in [-0.2, 0) is 18.3 Å². The molecule has 3 unspecified atom stereocenters. The Bertz CT molecular complexity index is 970. The Hall–Kier alpha value is -2.23. The van der Waals surface area contributed by atoms with Crippen LogP contribution in [0.5, 0.6) is 0 Å². The van der Waals surface area contributed by atoms with Gasteiger partial charge in [-0.25, -0.2) is 0 Å². The molecule has 3 atom stereocenters. The monoisotopic (exact) mass is 344 g/mol. The predicted octanol–water partition coefficient (Wildman–Crippen LogP) is 3.38. The average molecular weight is 344 g/mol. The molecule has 2 heterocycles. The lowest BCUT2D eigenvalue weighted by atomic mass is 9.54. The van der Waals surface area contributed by atoms with E-state index in [9.17, 15) is 5.11 Å². The van der Waals surface area contributed by atoms with Gasteiger partial charge in [-0.1, -0.05) is 48.5 Å². The Morgan fingerprint density at radius 3 is 2.65 bits per heavy atom. The molecule has 3 heteroatoms. The second-order valence-electron chi connectivity index (χ2n) is 7.94. The first-order chi connectivity index (χ1) is 12.6. The number of fused-ring (bicyclic) bond motifs is 3. The van der Waals surface area contributed by atoms with Crippen molar-refractivity contribution in [3.63, 3.8) is 0 Å². The standard InChI is InChI=1S/C23H24N2O/c1-16-23(26)14-18-13-17-7-5-6-10-20(17)25-21(18)15-22(23,11-12-24-16)19-8-3-2-4-9-19/h2-10,13,16,24,26H,11-12,14-15H2,1H3. The van der Waals surface area contributed by atoms with Crippen LogP contribution in [0.4, 0.5) is 0 Å². The van der Waals surface area contributed by atoms with Crippen LogP contribution in [0.3, 0.4) is 0 Å². The zero-order valence-electron chi connectivity index (χ0n) is 15.1. The van der Waals surface area contributed by atoms with E-state index < -0.39 is 5.60 Å². The molecule has 1 saturated heterocycles. The Labute approximate surface area is 154 Å². The fourth-order valence-electron chi connectivity index (χ4n) is 5.20. The average Bonchev–Trinajstić information content (AvgIpc) is 2.67. The number of hydrogen-bond donors (Lipinski definition) is 2. The lowest BCUT2D eigenvalue weighted by Crippen LogP contribution is -2.70. The number of para-hydroxylation sites is 1. The van der Waals surface area contributed by atoms with Crippen molar-refractivity contribution in [1.29, 1.82) is 0 Å². The zero-order valence-corrected chi connectivity index (χ0v) is 15.1. The van der Waals surface area contributed by atoms with Gasteiger partial charge < -0.3 is 10.4 Å². The van der Waals surface area contributed by atoms with E-state index in [0.717, 1.165) is 36.0 Å². The predicted molar refractivity (Wildman–Crippen MR) is 104 cm³/mol. The molecule has 0 amide bonds. The number of rotatable bonds is 1.